The van der Waals surface area contributed by atoms with Crippen LogP contribution in [-0.2, 0) is 6.42 Å². The van der Waals surface area contributed by atoms with Gasteiger partial charge >= 0.3 is 6.03 Å². The van der Waals surface area contributed by atoms with E-state index in [1.54, 1.807) is 11.3 Å². The van der Waals surface area contributed by atoms with E-state index in [2.05, 4.69) is 42.9 Å². The molecular weight excluding hydrogens is 244 g/mol. The van der Waals surface area contributed by atoms with Crippen LogP contribution in [-0.4, -0.2) is 18.6 Å². The van der Waals surface area contributed by atoms with Crippen LogP contribution in [0, 0.1) is 5.92 Å². The highest BCUT2D eigenvalue weighted by Crippen LogP contribution is 2.08. The first-order valence-corrected chi connectivity index (χ1v) is 7.52. The molecule has 0 aliphatic carbocycles. The topological polar surface area (TPSA) is 41.1 Å². The Kier molecular flexibility index (Phi) is 6.80. The van der Waals surface area contributed by atoms with Crippen molar-refractivity contribution in [2.75, 3.05) is 6.54 Å². The number of urea groups is 1. The second-order valence-electron chi connectivity index (χ2n) is 5.10. The zero-order valence-electron chi connectivity index (χ0n) is 11.5. The van der Waals surface area contributed by atoms with Crippen LogP contribution < -0.4 is 10.6 Å². The zero-order valence-corrected chi connectivity index (χ0v) is 12.3. The molecule has 0 saturated carbocycles. The number of nitrogens with one attached hydrogen (secondary N) is 2. The minimum atomic E-state index is -0.0530. The highest BCUT2D eigenvalue weighted by molar-refractivity contribution is 7.09. The third-order valence-corrected chi connectivity index (χ3v) is 3.73. The Labute approximate surface area is 114 Å². The summed E-state index contributed by atoms with van der Waals surface area (Å²) < 4.78 is 0. The molecule has 1 rings (SSSR count). The third-order valence-electron chi connectivity index (χ3n) is 2.79. The molecule has 1 unspecified atom stereocenters. The van der Waals surface area contributed by atoms with Gasteiger partial charge in [0.25, 0.3) is 0 Å². The second-order valence-corrected chi connectivity index (χ2v) is 6.13. The SMILES string of the molecule is CC(C)CCC(C)NC(=O)NCCc1cccs1. The lowest BCUT2D eigenvalue weighted by Gasteiger charge is -2.15. The van der Waals surface area contributed by atoms with Crippen LogP contribution in [0.2, 0.25) is 0 Å². The fourth-order valence-electron chi connectivity index (χ4n) is 1.68. The van der Waals surface area contributed by atoms with Gasteiger partial charge in [-0.25, -0.2) is 4.79 Å². The summed E-state index contributed by atoms with van der Waals surface area (Å²) in [5, 5.41) is 7.92. The Balaban J connectivity index is 2.09. The molecule has 0 bridgehead atoms. The average Bonchev–Trinajstić information content (AvgIpc) is 2.79. The van der Waals surface area contributed by atoms with Gasteiger partial charge in [0, 0.05) is 17.5 Å². The number of rotatable bonds is 7. The molecule has 2 N–H and O–H groups in total. The van der Waals surface area contributed by atoms with E-state index in [-0.39, 0.29) is 12.1 Å². The van der Waals surface area contributed by atoms with E-state index in [1.165, 1.54) is 4.88 Å². The summed E-state index contributed by atoms with van der Waals surface area (Å²) in [4.78, 5) is 12.9. The number of carbonyl (C=O) groups is 1. The fraction of sp³-hybridized carbons (Fsp3) is 0.643. The lowest BCUT2D eigenvalue weighted by atomic mass is 10.0. The molecule has 0 radical (unpaired) electrons. The molecule has 0 aromatic carbocycles. The van der Waals surface area contributed by atoms with Gasteiger partial charge in [-0.3, -0.25) is 0 Å². The molecule has 18 heavy (non-hydrogen) atoms. The van der Waals surface area contributed by atoms with Crippen LogP contribution in [0.3, 0.4) is 0 Å². The van der Waals surface area contributed by atoms with Crippen molar-refractivity contribution in [3.8, 4) is 0 Å². The Hall–Kier alpha value is -1.03. The van der Waals surface area contributed by atoms with Gasteiger partial charge in [0.15, 0.2) is 0 Å². The first kappa shape index (κ1) is 15.0. The molecular formula is C14H24N2OS. The van der Waals surface area contributed by atoms with Crippen molar-refractivity contribution in [1.82, 2.24) is 10.6 Å². The average molecular weight is 268 g/mol. The van der Waals surface area contributed by atoms with Gasteiger partial charge in [-0.05, 0) is 43.6 Å². The van der Waals surface area contributed by atoms with Gasteiger partial charge in [-0.2, -0.15) is 0 Å². The molecule has 102 valence electrons. The van der Waals surface area contributed by atoms with Crippen molar-refractivity contribution in [3.63, 3.8) is 0 Å². The minimum Gasteiger partial charge on any atom is -0.338 e. The summed E-state index contributed by atoms with van der Waals surface area (Å²) in [6, 6.07) is 4.32. The van der Waals surface area contributed by atoms with Crippen molar-refractivity contribution >= 4 is 17.4 Å². The van der Waals surface area contributed by atoms with Gasteiger partial charge in [-0.1, -0.05) is 19.9 Å². The summed E-state index contributed by atoms with van der Waals surface area (Å²) in [5.74, 6) is 0.691. The molecule has 2 amide bonds. The lowest BCUT2D eigenvalue weighted by Crippen LogP contribution is -2.41. The van der Waals surface area contributed by atoms with Crippen molar-refractivity contribution in [3.05, 3.63) is 22.4 Å². The van der Waals surface area contributed by atoms with Crippen LogP contribution in [0.15, 0.2) is 17.5 Å². The van der Waals surface area contributed by atoms with Crippen LogP contribution in [0.1, 0.15) is 38.5 Å². The van der Waals surface area contributed by atoms with E-state index in [0.717, 1.165) is 19.3 Å². The molecule has 0 fully saturated rings. The maximum atomic E-state index is 11.6. The van der Waals surface area contributed by atoms with E-state index in [1.807, 2.05) is 6.07 Å². The highest BCUT2D eigenvalue weighted by atomic mass is 32.1. The Morgan fingerprint density at radius 2 is 2.11 bits per heavy atom. The lowest BCUT2D eigenvalue weighted by molar-refractivity contribution is 0.236. The third kappa shape index (κ3) is 6.64. The van der Waals surface area contributed by atoms with E-state index < -0.39 is 0 Å². The normalized spacial score (nSPS) is 12.4. The number of hydrogen-bond donors (Lipinski definition) is 2. The number of thiophene rings is 1. The van der Waals surface area contributed by atoms with Gasteiger partial charge in [0.05, 0.1) is 0 Å². The van der Waals surface area contributed by atoms with E-state index in [0.29, 0.717) is 12.5 Å². The molecule has 1 heterocycles. The standard InChI is InChI=1S/C14H24N2OS/c1-11(2)6-7-12(3)16-14(17)15-9-8-13-5-4-10-18-13/h4-5,10-12H,6-9H2,1-3H3,(H2,15,16,17). The molecule has 0 spiro atoms. The molecule has 0 aliphatic rings. The summed E-state index contributed by atoms with van der Waals surface area (Å²) in [6.07, 6.45) is 3.10. The summed E-state index contributed by atoms with van der Waals surface area (Å²) in [7, 11) is 0. The summed E-state index contributed by atoms with van der Waals surface area (Å²) >= 11 is 1.73. The Morgan fingerprint density at radius 1 is 1.33 bits per heavy atom. The summed E-state index contributed by atoms with van der Waals surface area (Å²) in [6.45, 7) is 7.16. The highest BCUT2D eigenvalue weighted by Gasteiger charge is 2.07. The first-order valence-electron chi connectivity index (χ1n) is 6.64. The first-order chi connectivity index (χ1) is 8.58. The quantitative estimate of drug-likeness (QED) is 0.781. The molecule has 1 atom stereocenters. The van der Waals surface area contributed by atoms with E-state index in [9.17, 15) is 4.79 Å². The summed E-state index contributed by atoms with van der Waals surface area (Å²) in [5.41, 5.74) is 0. The van der Waals surface area contributed by atoms with Crippen LogP contribution in [0.25, 0.3) is 0 Å². The van der Waals surface area contributed by atoms with Crippen LogP contribution >= 0.6 is 11.3 Å². The van der Waals surface area contributed by atoms with Gasteiger partial charge < -0.3 is 10.6 Å². The second kappa shape index (κ2) is 8.14. The maximum Gasteiger partial charge on any atom is 0.315 e. The number of amides is 2. The smallest absolute Gasteiger partial charge is 0.315 e. The predicted molar refractivity (Wildman–Crippen MR) is 78.1 cm³/mol. The molecule has 1 aromatic rings. The minimum absolute atomic E-state index is 0.0530. The van der Waals surface area contributed by atoms with Crippen LogP contribution in [0.4, 0.5) is 4.79 Å². The van der Waals surface area contributed by atoms with Crippen LogP contribution in [0.5, 0.6) is 0 Å². The van der Waals surface area contributed by atoms with Gasteiger partial charge in [-0.15, -0.1) is 11.3 Å². The number of hydrogen-bond acceptors (Lipinski definition) is 2. The maximum absolute atomic E-state index is 11.6. The molecule has 0 aliphatic heterocycles. The largest absolute Gasteiger partial charge is 0.338 e. The van der Waals surface area contributed by atoms with Crippen molar-refractivity contribution < 1.29 is 4.79 Å². The van der Waals surface area contributed by atoms with E-state index in [4.69, 9.17) is 0 Å². The van der Waals surface area contributed by atoms with Gasteiger partial charge in [0.2, 0.25) is 0 Å². The molecule has 3 nitrogen and oxygen atoms in total. The number of carbonyl (C=O) groups excluding carboxylic acids is 1. The fourth-order valence-corrected chi connectivity index (χ4v) is 2.39. The monoisotopic (exact) mass is 268 g/mol. The van der Waals surface area contributed by atoms with Crippen molar-refractivity contribution in [2.24, 2.45) is 5.92 Å². The molecule has 4 heteroatoms. The molecule has 1 aromatic heterocycles. The van der Waals surface area contributed by atoms with Crippen molar-refractivity contribution in [2.45, 2.75) is 46.1 Å². The molecule has 0 saturated heterocycles. The zero-order chi connectivity index (χ0) is 13.4. The van der Waals surface area contributed by atoms with Gasteiger partial charge in [0.1, 0.15) is 0 Å². The Bertz CT molecular complexity index is 336. The van der Waals surface area contributed by atoms with Crippen molar-refractivity contribution in [1.29, 1.82) is 0 Å². The Morgan fingerprint density at radius 3 is 2.72 bits per heavy atom. The van der Waals surface area contributed by atoms with E-state index >= 15 is 0 Å². The predicted octanol–water partition coefficient (Wildman–Crippen LogP) is 3.41.